The average Bonchev–Trinajstić information content (AvgIpc) is 2.54. The van der Waals surface area contributed by atoms with E-state index in [2.05, 4.69) is 15.3 Å². The van der Waals surface area contributed by atoms with Crippen molar-refractivity contribution in [3.8, 4) is 6.01 Å². The predicted octanol–water partition coefficient (Wildman–Crippen LogP) is 0.834. The van der Waals surface area contributed by atoms with Crippen LogP contribution in [0.15, 0.2) is 6.07 Å². The van der Waals surface area contributed by atoms with Crippen LogP contribution >= 0.6 is 0 Å². The lowest BCUT2D eigenvalue weighted by Crippen LogP contribution is -2.20. The normalized spacial score (nSPS) is 21.1. The molecule has 1 aromatic heterocycles. The fourth-order valence-electron chi connectivity index (χ4n) is 1.62. The van der Waals surface area contributed by atoms with E-state index >= 15 is 0 Å². The molecule has 0 amide bonds. The molecule has 1 atom stereocenters. The minimum absolute atomic E-state index is 0.233. The SMILES string of the molecule is Cc1cc(C)nc(O[C@H]2CCNC2)n1. The van der Waals surface area contributed by atoms with E-state index in [1.165, 1.54) is 0 Å². The van der Waals surface area contributed by atoms with E-state index in [1.807, 2.05) is 19.9 Å². The molecule has 0 saturated carbocycles. The van der Waals surface area contributed by atoms with Crippen LogP contribution in [0, 0.1) is 13.8 Å². The van der Waals surface area contributed by atoms with Gasteiger partial charge in [-0.25, -0.2) is 9.97 Å². The second-order valence-electron chi connectivity index (χ2n) is 3.67. The van der Waals surface area contributed by atoms with Crippen LogP contribution in [0.25, 0.3) is 0 Å². The zero-order valence-electron chi connectivity index (χ0n) is 8.58. The summed E-state index contributed by atoms with van der Waals surface area (Å²) in [5.74, 6) is 0. The molecule has 2 heterocycles. The molecule has 0 bridgehead atoms. The Labute approximate surface area is 83.7 Å². The molecule has 0 spiro atoms. The topological polar surface area (TPSA) is 47.0 Å². The molecule has 1 aliphatic rings. The van der Waals surface area contributed by atoms with Gasteiger partial charge >= 0.3 is 6.01 Å². The van der Waals surface area contributed by atoms with Crippen LogP contribution in [0.1, 0.15) is 17.8 Å². The van der Waals surface area contributed by atoms with Crippen molar-refractivity contribution in [2.75, 3.05) is 13.1 Å². The second kappa shape index (κ2) is 3.92. The first-order valence-corrected chi connectivity index (χ1v) is 4.94. The number of hydrogen-bond donors (Lipinski definition) is 1. The van der Waals surface area contributed by atoms with Crippen molar-refractivity contribution in [3.05, 3.63) is 17.5 Å². The Balaban J connectivity index is 2.07. The first-order chi connectivity index (χ1) is 6.74. The summed E-state index contributed by atoms with van der Waals surface area (Å²) in [6.45, 7) is 5.83. The fourth-order valence-corrected chi connectivity index (χ4v) is 1.62. The van der Waals surface area contributed by atoms with E-state index in [4.69, 9.17) is 4.74 Å². The van der Waals surface area contributed by atoms with Crippen LogP contribution in [0.5, 0.6) is 6.01 Å². The third kappa shape index (κ3) is 2.20. The lowest BCUT2D eigenvalue weighted by Gasteiger charge is -2.10. The summed E-state index contributed by atoms with van der Waals surface area (Å²) < 4.78 is 5.65. The lowest BCUT2D eigenvalue weighted by molar-refractivity contribution is 0.203. The first kappa shape index (κ1) is 9.40. The van der Waals surface area contributed by atoms with Gasteiger partial charge in [-0.2, -0.15) is 0 Å². The van der Waals surface area contributed by atoms with Gasteiger partial charge in [0.1, 0.15) is 6.10 Å². The molecule has 0 aliphatic carbocycles. The van der Waals surface area contributed by atoms with E-state index < -0.39 is 0 Å². The van der Waals surface area contributed by atoms with Crippen molar-refractivity contribution in [2.45, 2.75) is 26.4 Å². The minimum Gasteiger partial charge on any atom is -0.459 e. The molecule has 1 aliphatic heterocycles. The summed E-state index contributed by atoms with van der Waals surface area (Å²) in [5.41, 5.74) is 1.91. The molecule has 4 nitrogen and oxygen atoms in total. The smallest absolute Gasteiger partial charge is 0.317 e. The van der Waals surface area contributed by atoms with Gasteiger partial charge in [-0.15, -0.1) is 0 Å². The highest BCUT2D eigenvalue weighted by atomic mass is 16.5. The van der Waals surface area contributed by atoms with Gasteiger partial charge in [0.2, 0.25) is 0 Å². The van der Waals surface area contributed by atoms with Crippen molar-refractivity contribution in [1.29, 1.82) is 0 Å². The molecule has 1 N–H and O–H groups in total. The fraction of sp³-hybridized carbons (Fsp3) is 0.600. The molecule has 0 unspecified atom stereocenters. The van der Waals surface area contributed by atoms with Crippen LogP contribution < -0.4 is 10.1 Å². The number of nitrogens with zero attached hydrogens (tertiary/aromatic N) is 2. The predicted molar refractivity (Wildman–Crippen MR) is 53.4 cm³/mol. The molecular formula is C10H15N3O. The Bertz CT molecular complexity index is 301. The minimum atomic E-state index is 0.233. The van der Waals surface area contributed by atoms with Gasteiger partial charge in [-0.3, -0.25) is 0 Å². The maximum absolute atomic E-state index is 5.65. The zero-order valence-corrected chi connectivity index (χ0v) is 8.58. The van der Waals surface area contributed by atoms with Crippen LogP contribution in [0.4, 0.5) is 0 Å². The van der Waals surface area contributed by atoms with Gasteiger partial charge in [-0.1, -0.05) is 0 Å². The van der Waals surface area contributed by atoms with Crippen LogP contribution in [0.3, 0.4) is 0 Å². The molecule has 1 saturated heterocycles. The molecule has 0 aromatic carbocycles. The quantitative estimate of drug-likeness (QED) is 0.756. The largest absolute Gasteiger partial charge is 0.459 e. The van der Waals surface area contributed by atoms with Crippen molar-refractivity contribution in [2.24, 2.45) is 0 Å². The van der Waals surface area contributed by atoms with Crippen molar-refractivity contribution in [1.82, 2.24) is 15.3 Å². The number of hydrogen-bond acceptors (Lipinski definition) is 4. The monoisotopic (exact) mass is 193 g/mol. The van der Waals surface area contributed by atoms with Crippen LogP contribution in [-0.4, -0.2) is 29.2 Å². The highest BCUT2D eigenvalue weighted by molar-refractivity contribution is 5.11. The van der Waals surface area contributed by atoms with E-state index in [0.717, 1.165) is 30.9 Å². The van der Waals surface area contributed by atoms with Gasteiger partial charge in [0.15, 0.2) is 0 Å². The molecule has 1 fully saturated rings. The lowest BCUT2D eigenvalue weighted by atomic mass is 10.3. The van der Waals surface area contributed by atoms with Crippen molar-refractivity contribution < 1.29 is 4.74 Å². The molecule has 1 aromatic rings. The summed E-state index contributed by atoms with van der Waals surface area (Å²) >= 11 is 0. The van der Waals surface area contributed by atoms with E-state index in [9.17, 15) is 0 Å². The molecule has 76 valence electrons. The highest BCUT2D eigenvalue weighted by Crippen LogP contribution is 2.11. The molecule has 4 heteroatoms. The molecular weight excluding hydrogens is 178 g/mol. The Kier molecular flexibility index (Phi) is 2.63. The molecule has 2 rings (SSSR count). The standard InChI is InChI=1S/C10H15N3O/c1-7-5-8(2)13-10(12-7)14-9-3-4-11-6-9/h5,9,11H,3-4,6H2,1-2H3/t9-/m0/s1. The molecule has 14 heavy (non-hydrogen) atoms. The Hall–Kier alpha value is -1.16. The van der Waals surface area contributed by atoms with Crippen molar-refractivity contribution >= 4 is 0 Å². The Morgan fingerprint density at radius 3 is 2.64 bits per heavy atom. The van der Waals surface area contributed by atoms with Gasteiger partial charge < -0.3 is 10.1 Å². The van der Waals surface area contributed by atoms with E-state index in [0.29, 0.717) is 6.01 Å². The average molecular weight is 193 g/mol. The summed E-state index contributed by atoms with van der Waals surface area (Å²) in [5, 5.41) is 3.24. The van der Waals surface area contributed by atoms with Gasteiger partial charge in [0, 0.05) is 17.9 Å². The van der Waals surface area contributed by atoms with Gasteiger partial charge in [0.05, 0.1) is 0 Å². The summed E-state index contributed by atoms with van der Waals surface area (Å²) in [7, 11) is 0. The summed E-state index contributed by atoms with van der Waals surface area (Å²) in [4.78, 5) is 8.47. The number of rotatable bonds is 2. The molecule has 0 radical (unpaired) electrons. The second-order valence-corrected chi connectivity index (χ2v) is 3.67. The summed E-state index contributed by atoms with van der Waals surface area (Å²) in [6, 6.07) is 2.45. The number of aryl methyl sites for hydroxylation is 2. The number of nitrogens with one attached hydrogen (secondary N) is 1. The highest BCUT2D eigenvalue weighted by Gasteiger charge is 2.17. The third-order valence-electron chi connectivity index (χ3n) is 2.25. The number of ether oxygens (including phenoxy) is 1. The third-order valence-corrected chi connectivity index (χ3v) is 2.25. The summed E-state index contributed by atoms with van der Waals surface area (Å²) in [6.07, 6.45) is 1.27. The Morgan fingerprint density at radius 2 is 2.07 bits per heavy atom. The van der Waals surface area contributed by atoms with Gasteiger partial charge in [0.25, 0.3) is 0 Å². The van der Waals surface area contributed by atoms with Crippen LogP contribution in [0.2, 0.25) is 0 Å². The van der Waals surface area contributed by atoms with Crippen molar-refractivity contribution in [3.63, 3.8) is 0 Å². The van der Waals surface area contributed by atoms with Gasteiger partial charge in [-0.05, 0) is 32.9 Å². The zero-order chi connectivity index (χ0) is 9.97. The van der Waals surface area contributed by atoms with E-state index in [-0.39, 0.29) is 6.10 Å². The van der Waals surface area contributed by atoms with E-state index in [1.54, 1.807) is 0 Å². The van der Waals surface area contributed by atoms with Crippen LogP contribution in [-0.2, 0) is 0 Å². The first-order valence-electron chi connectivity index (χ1n) is 4.94. The number of aromatic nitrogens is 2. The maximum atomic E-state index is 5.65. The maximum Gasteiger partial charge on any atom is 0.317 e. The Morgan fingerprint density at radius 1 is 1.36 bits per heavy atom.